The maximum absolute atomic E-state index is 5.63. The molecule has 0 amide bonds. The molecule has 1 aliphatic heterocycles. The zero-order valence-electron chi connectivity index (χ0n) is 6.31. The van der Waals surface area contributed by atoms with Gasteiger partial charge >= 0.3 is 0 Å². The molecule has 0 saturated carbocycles. The number of hydrogen-bond acceptors (Lipinski definition) is 3. The Morgan fingerprint density at radius 3 is 2.90 bits per heavy atom. The van der Waals surface area contributed by atoms with E-state index in [4.69, 9.17) is 5.73 Å². The number of nitrogens with two attached hydrogens (primary N) is 1. The Kier molecular flexibility index (Phi) is 1.85. The lowest BCUT2D eigenvalue weighted by atomic mass is 10.2. The number of rotatable bonds is 1. The van der Waals surface area contributed by atoms with Crippen LogP contribution < -0.4 is 16.4 Å². The second-order valence-corrected chi connectivity index (χ2v) is 2.37. The van der Waals surface area contributed by atoms with E-state index >= 15 is 0 Å². The van der Waals surface area contributed by atoms with E-state index in [1.165, 1.54) is 0 Å². The molecule has 0 aromatic rings. The highest BCUT2D eigenvalue weighted by Crippen LogP contribution is 2.02. The second kappa shape index (κ2) is 2.64. The summed E-state index contributed by atoms with van der Waals surface area (Å²) in [6, 6.07) is 0.345. The number of likely N-dealkylation sites (N-methyl/N-ethyl adjacent to an activating group) is 1. The Morgan fingerprint density at radius 2 is 2.40 bits per heavy atom. The van der Waals surface area contributed by atoms with Crippen LogP contribution in [0.25, 0.3) is 0 Å². The first kappa shape index (κ1) is 6.99. The van der Waals surface area contributed by atoms with Gasteiger partial charge in [-0.3, -0.25) is 0 Å². The number of allylic oxidation sites excluding steroid dienone is 1. The Hall–Kier alpha value is -1.12. The number of dihydropyridines is 1. The molecule has 1 aliphatic rings. The normalized spacial score (nSPS) is 24.4. The average molecular weight is 139 g/mol. The first-order valence-corrected chi connectivity index (χ1v) is 3.36. The van der Waals surface area contributed by atoms with Crippen LogP contribution in [0, 0.1) is 0 Å². The average Bonchev–Trinajstić information content (AvgIpc) is 1.88. The van der Waals surface area contributed by atoms with Crippen molar-refractivity contribution in [1.29, 1.82) is 0 Å². The highest BCUT2D eigenvalue weighted by Gasteiger charge is 2.06. The SMILES string of the molecule is CNC1=C(N)NC(C)C=C1. The van der Waals surface area contributed by atoms with Crippen molar-refractivity contribution in [3.05, 3.63) is 23.7 Å². The molecule has 10 heavy (non-hydrogen) atoms. The van der Waals surface area contributed by atoms with Crippen LogP contribution in [0.3, 0.4) is 0 Å². The third-order valence-electron chi connectivity index (χ3n) is 1.49. The summed E-state index contributed by atoms with van der Waals surface area (Å²) >= 11 is 0. The number of hydrogen-bond donors (Lipinski definition) is 3. The van der Waals surface area contributed by atoms with Gasteiger partial charge in [-0.1, -0.05) is 6.08 Å². The molecule has 1 unspecified atom stereocenters. The highest BCUT2D eigenvalue weighted by atomic mass is 15.1. The van der Waals surface area contributed by atoms with E-state index in [1.807, 2.05) is 13.1 Å². The summed E-state index contributed by atoms with van der Waals surface area (Å²) in [7, 11) is 1.85. The fourth-order valence-electron chi connectivity index (χ4n) is 0.919. The van der Waals surface area contributed by atoms with E-state index in [1.54, 1.807) is 0 Å². The molecular weight excluding hydrogens is 126 g/mol. The van der Waals surface area contributed by atoms with Gasteiger partial charge in [0.1, 0.15) is 5.82 Å². The van der Waals surface area contributed by atoms with Crippen molar-refractivity contribution in [3.8, 4) is 0 Å². The van der Waals surface area contributed by atoms with Crippen molar-refractivity contribution in [2.75, 3.05) is 7.05 Å². The van der Waals surface area contributed by atoms with E-state index in [9.17, 15) is 0 Å². The second-order valence-electron chi connectivity index (χ2n) is 2.37. The molecule has 0 saturated heterocycles. The van der Waals surface area contributed by atoms with Gasteiger partial charge in [-0.05, 0) is 13.0 Å². The fourth-order valence-corrected chi connectivity index (χ4v) is 0.919. The Morgan fingerprint density at radius 1 is 1.70 bits per heavy atom. The minimum atomic E-state index is 0.345. The van der Waals surface area contributed by atoms with Gasteiger partial charge in [-0.25, -0.2) is 0 Å². The Balaban J connectivity index is 2.73. The van der Waals surface area contributed by atoms with Crippen LogP contribution in [0.15, 0.2) is 23.7 Å². The third kappa shape index (κ3) is 1.23. The van der Waals surface area contributed by atoms with Gasteiger partial charge in [-0.2, -0.15) is 0 Å². The van der Waals surface area contributed by atoms with Crippen LogP contribution in [0.5, 0.6) is 0 Å². The van der Waals surface area contributed by atoms with Gasteiger partial charge in [-0.15, -0.1) is 0 Å². The van der Waals surface area contributed by atoms with E-state index in [0.717, 1.165) is 11.5 Å². The van der Waals surface area contributed by atoms with Gasteiger partial charge in [0.25, 0.3) is 0 Å². The summed E-state index contributed by atoms with van der Waals surface area (Å²) < 4.78 is 0. The Labute approximate surface area is 61.0 Å². The summed E-state index contributed by atoms with van der Waals surface area (Å²) in [6.07, 6.45) is 4.04. The van der Waals surface area contributed by atoms with Crippen LogP contribution >= 0.6 is 0 Å². The molecule has 1 rings (SSSR count). The summed E-state index contributed by atoms with van der Waals surface area (Å²) in [5.41, 5.74) is 6.59. The van der Waals surface area contributed by atoms with Crippen molar-refractivity contribution in [2.45, 2.75) is 13.0 Å². The topological polar surface area (TPSA) is 50.1 Å². The molecule has 0 aliphatic carbocycles. The lowest BCUT2D eigenvalue weighted by Crippen LogP contribution is -2.34. The van der Waals surface area contributed by atoms with Gasteiger partial charge in [0.15, 0.2) is 0 Å². The summed E-state index contributed by atoms with van der Waals surface area (Å²) in [5, 5.41) is 6.07. The molecule has 0 fully saturated rings. The molecule has 0 aromatic carbocycles. The van der Waals surface area contributed by atoms with Crippen molar-refractivity contribution in [3.63, 3.8) is 0 Å². The standard InChI is InChI=1S/C7H13N3/c1-5-3-4-6(9-2)7(8)10-5/h3-5,9-10H,8H2,1-2H3. The van der Waals surface area contributed by atoms with E-state index in [0.29, 0.717) is 6.04 Å². The molecule has 3 nitrogen and oxygen atoms in total. The molecular formula is C7H13N3. The number of nitrogens with one attached hydrogen (secondary N) is 2. The summed E-state index contributed by atoms with van der Waals surface area (Å²) in [6.45, 7) is 2.05. The van der Waals surface area contributed by atoms with Crippen LogP contribution in [0.4, 0.5) is 0 Å². The van der Waals surface area contributed by atoms with Crippen molar-refractivity contribution in [2.24, 2.45) is 5.73 Å². The van der Waals surface area contributed by atoms with Crippen LogP contribution in [-0.4, -0.2) is 13.1 Å². The van der Waals surface area contributed by atoms with Gasteiger partial charge in [0.2, 0.25) is 0 Å². The lowest BCUT2D eigenvalue weighted by Gasteiger charge is -2.18. The minimum Gasteiger partial charge on any atom is -0.385 e. The Bertz CT molecular complexity index is 181. The smallest absolute Gasteiger partial charge is 0.120 e. The predicted octanol–water partition coefficient (Wildman–Crippen LogP) is -0.119. The van der Waals surface area contributed by atoms with Gasteiger partial charge in [0.05, 0.1) is 5.70 Å². The van der Waals surface area contributed by atoms with E-state index in [-0.39, 0.29) is 0 Å². The summed E-state index contributed by atoms with van der Waals surface area (Å²) in [4.78, 5) is 0. The van der Waals surface area contributed by atoms with Crippen molar-refractivity contribution >= 4 is 0 Å². The molecule has 1 heterocycles. The maximum Gasteiger partial charge on any atom is 0.120 e. The van der Waals surface area contributed by atoms with E-state index < -0.39 is 0 Å². The van der Waals surface area contributed by atoms with Crippen molar-refractivity contribution in [1.82, 2.24) is 10.6 Å². The lowest BCUT2D eigenvalue weighted by molar-refractivity contribution is 0.687. The summed E-state index contributed by atoms with van der Waals surface area (Å²) in [5.74, 6) is 0.720. The van der Waals surface area contributed by atoms with Crippen LogP contribution in [0.2, 0.25) is 0 Å². The molecule has 0 bridgehead atoms. The molecule has 0 aromatic heterocycles. The van der Waals surface area contributed by atoms with Crippen molar-refractivity contribution < 1.29 is 0 Å². The molecule has 3 heteroatoms. The fraction of sp³-hybridized carbons (Fsp3) is 0.429. The molecule has 4 N–H and O–H groups in total. The van der Waals surface area contributed by atoms with E-state index in [2.05, 4.69) is 23.6 Å². The predicted molar refractivity (Wildman–Crippen MR) is 42.0 cm³/mol. The molecule has 0 spiro atoms. The highest BCUT2D eigenvalue weighted by molar-refractivity contribution is 5.26. The largest absolute Gasteiger partial charge is 0.385 e. The first-order chi connectivity index (χ1) is 4.74. The zero-order valence-corrected chi connectivity index (χ0v) is 6.31. The quantitative estimate of drug-likeness (QED) is 0.475. The monoisotopic (exact) mass is 139 g/mol. The van der Waals surface area contributed by atoms with Crippen LogP contribution in [0.1, 0.15) is 6.92 Å². The first-order valence-electron chi connectivity index (χ1n) is 3.36. The van der Waals surface area contributed by atoms with Crippen LogP contribution in [-0.2, 0) is 0 Å². The maximum atomic E-state index is 5.63. The zero-order chi connectivity index (χ0) is 7.56. The molecule has 0 radical (unpaired) electrons. The van der Waals surface area contributed by atoms with Gasteiger partial charge in [0, 0.05) is 13.1 Å². The van der Waals surface area contributed by atoms with Gasteiger partial charge < -0.3 is 16.4 Å². The third-order valence-corrected chi connectivity index (χ3v) is 1.49. The molecule has 56 valence electrons. The molecule has 1 atom stereocenters. The minimum absolute atomic E-state index is 0.345.